The van der Waals surface area contributed by atoms with Gasteiger partial charge in [0, 0.05) is 17.9 Å². The third-order valence-corrected chi connectivity index (χ3v) is 3.27. The number of hydrogen-bond donors (Lipinski definition) is 2. The van der Waals surface area contributed by atoms with Crippen molar-refractivity contribution in [3.05, 3.63) is 29.3 Å². The molecule has 1 amide bonds. The maximum absolute atomic E-state index is 11.9. The summed E-state index contributed by atoms with van der Waals surface area (Å²) in [5.74, 6) is 5.79. The highest BCUT2D eigenvalue weighted by molar-refractivity contribution is 5.91. The summed E-state index contributed by atoms with van der Waals surface area (Å²) < 4.78 is 5.46. The molecule has 1 fully saturated rings. The summed E-state index contributed by atoms with van der Waals surface area (Å²) in [7, 11) is 0. The summed E-state index contributed by atoms with van der Waals surface area (Å²) >= 11 is 0. The van der Waals surface area contributed by atoms with Gasteiger partial charge in [0.2, 0.25) is 5.91 Å². The summed E-state index contributed by atoms with van der Waals surface area (Å²) in [5.41, 5.74) is 8.07. The molecule has 1 aliphatic rings. The van der Waals surface area contributed by atoms with Gasteiger partial charge in [0.15, 0.2) is 0 Å². The maximum atomic E-state index is 11.9. The average molecular weight is 272 g/mol. The van der Waals surface area contributed by atoms with Crippen LogP contribution in [0.5, 0.6) is 0 Å². The van der Waals surface area contributed by atoms with Crippen molar-refractivity contribution in [3.63, 3.8) is 0 Å². The highest BCUT2D eigenvalue weighted by atomic mass is 16.5. The molecule has 1 heterocycles. The number of carbonyl (C=O) groups is 1. The molecule has 20 heavy (non-hydrogen) atoms. The number of rotatable bonds is 3. The first-order chi connectivity index (χ1) is 9.69. The number of ether oxygens (including phenoxy) is 1. The Labute approximate surface area is 119 Å². The van der Waals surface area contributed by atoms with Gasteiger partial charge in [-0.2, -0.15) is 0 Å². The lowest BCUT2D eigenvalue weighted by Crippen LogP contribution is -2.19. The van der Waals surface area contributed by atoms with Gasteiger partial charge in [0.05, 0.1) is 19.1 Å². The van der Waals surface area contributed by atoms with Crippen LogP contribution < -0.4 is 11.1 Å². The molecule has 1 atom stereocenters. The minimum Gasteiger partial charge on any atom is -0.378 e. The van der Waals surface area contributed by atoms with Crippen molar-refractivity contribution in [3.8, 4) is 11.8 Å². The number of nitrogens with one attached hydrogen (secondary N) is 1. The van der Waals surface area contributed by atoms with Gasteiger partial charge in [-0.1, -0.05) is 11.8 Å². The van der Waals surface area contributed by atoms with Crippen molar-refractivity contribution in [1.82, 2.24) is 0 Å². The van der Waals surface area contributed by atoms with Crippen LogP contribution in [0.3, 0.4) is 0 Å². The van der Waals surface area contributed by atoms with E-state index in [-0.39, 0.29) is 12.0 Å². The Morgan fingerprint density at radius 1 is 1.55 bits per heavy atom. The zero-order valence-corrected chi connectivity index (χ0v) is 11.7. The Hall–Kier alpha value is -1.83. The molecule has 106 valence electrons. The highest BCUT2D eigenvalue weighted by Crippen LogP contribution is 2.19. The summed E-state index contributed by atoms with van der Waals surface area (Å²) in [6, 6.07) is 5.71. The van der Waals surface area contributed by atoms with E-state index in [1.54, 1.807) is 0 Å². The van der Waals surface area contributed by atoms with Crippen LogP contribution in [0.4, 0.5) is 5.69 Å². The lowest BCUT2D eigenvalue weighted by Gasteiger charge is -2.11. The molecular formula is C16H20N2O2. The van der Waals surface area contributed by atoms with E-state index in [9.17, 15) is 4.79 Å². The third kappa shape index (κ3) is 4.09. The van der Waals surface area contributed by atoms with E-state index in [0.717, 1.165) is 36.3 Å². The van der Waals surface area contributed by atoms with Crippen molar-refractivity contribution in [2.45, 2.75) is 32.3 Å². The Morgan fingerprint density at radius 2 is 2.40 bits per heavy atom. The average Bonchev–Trinajstić information content (AvgIpc) is 2.92. The topological polar surface area (TPSA) is 64.3 Å². The van der Waals surface area contributed by atoms with Crippen molar-refractivity contribution >= 4 is 11.6 Å². The number of hydrogen-bond acceptors (Lipinski definition) is 3. The van der Waals surface area contributed by atoms with Crippen molar-refractivity contribution < 1.29 is 9.53 Å². The first kappa shape index (κ1) is 14.6. The van der Waals surface area contributed by atoms with Gasteiger partial charge in [-0.3, -0.25) is 4.79 Å². The Balaban J connectivity index is 1.96. The van der Waals surface area contributed by atoms with Gasteiger partial charge in [0.1, 0.15) is 0 Å². The summed E-state index contributed by atoms with van der Waals surface area (Å²) in [4.78, 5) is 11.9. The first-order valence-electron chi connectivity index (χ1n) is 6.90. The fraction of sp³-hybridized carbons (Fsp3) is 0.438. The fourth-order valence-corrected chi connectivity index (χ4v) is 2.25. The van der Waals surface area contributed by atoms with E-state index in [1.165, 1.54) is 0 Å². The summed E-state index contributed by atoms with van der Waals surface area (Å²) in [6.45, 7) is 3.07. The lowest BCUT2D eigenvalue weighted by atomic mass is 10.1. The van der Waals surface area contributed by atoms with Crippen molar-refractivity contribution in [1.29, 1.82) is 0 Å². The van der Waals surface area contributed by atoms with E-state index in [0.29, 0.717) is 13.0 Å². The van der Waals surface area contributed by atoms with Gasteiger partial charge < -0.3 is 15.8 Å². The molecule has 1 aromatic rings. The van der Waals surface area contributed by atoms with E-state index in [2.05, 4.69) is 17.2 Å². The Kier molecular flexibility index (Phi) is 5.16. The van der Waals surface area contributed by atoms with E-state index in [4.69, 9.17) is 10.5 Å². The van der Waals surface area contributed by atoms with E-state index in [1.807, 2.05) is 25.1 Å². The van der Waals surface area contributed by atoms with Crippen LogP contribution >= 0.6 is 0 Å². The number of amides is 1. The SMILES string of the molecule is Cc1cc(C#CCN)ccc1NC(=O)CC1CCCO1. The molecule has 4 heteroatoms. The van der Waals surface area contributed by atoms with E-state index >= 15 is 0 Å². The molecule has 4 nitrogen and oxygen atoms in total. The second kappa shape index (κ2) is 7.09. The number of benzene rings is 1. The number of anilines is 1. The molecular weight excluding hydrogens is 252 g/mol. The second-order valence-corrected chi connectivity index (χ2v) is 4.92. The molecule has 1 saturated heterocycles. The zero-order chi connectivity index (χ0) is 14.4. The van der Waals surface area contributed by atoms with Crippen LogP contribution in [0.1, 0.15) is 30.4 Å². The number of carbonyl (C=O) groups excluding carboxylic acids is 1. The van der Waals surface area contributed by atoms with Gasteiger partial charge in [-0.25, -0.2) is 0 Å². The van der Waals surface area contributed by atoms with Crippen LogP contribution in [-0.4, -0.2) is 25.2 Å². The van der Waals surface area contributed by atoms with Crippen LogP contribution in [0.25, 0.3) is 0 Å². The molecule has 1 aromatic carbocycles. The molecule has 2 rings (SSSR count). The molecule has 0 bridgehead atoms. The minimum absolute atomic E-state index is 0.000734. The minimum atomic E-state index is 0.000734. The predicted molar refractivity (Wildman–Crippen MR) is 79.3 cm³/mol. The number of aryl methyl sites for hydroxylation is 1. The molecule has 0 spiro atoms. The predicted octanol–water partition coefficient (Wildman–Crippen LogP) is 1.81. The fourth-order valence-electron chi connectivity index (χ4n) is 2.25. The molecule has 0 aliphatic carbocycles. The maximum Gasteiger partial charge on any atom is 0.226 e. The third-order valence-electron chi connectivity index (χ3n) is 3.27. The molecule has 0 saturated carbocycles. The second-order valence-electron chi connectivity index (χ2n) is 4.92. The lowest BCUT2D eigenvalue weighted by molar-refractivity contribution is -0.118. The molecule has 1 aliphatic heterocycles. The molecule has 3 N–H and O–H groups in total. The zero-order valence-electron chi connectivity index (χ0n) is 11.7. The van der Waals surface area contributed by atoms with Gasteiger partial charge in [0.25, 0.3) is 0 Å². The van der Waals surface area contributed by atoms with Crippen LogP contribution in [0, 0.1) is 18.8 Å². The summed E-state index contributed by atoms with van der Waals surface area (Å²) in [5, 5.41) is 2.93. The smallest absolute Gasteiger partial charge is 0.226 e. The van der Waals surface area contributed by atoms with Crippen LogP contribution in [-0.2, 0) is 9.53 Å². The first-order valence-corrected chi connectivity index (χ1v) is 6.90. The van der Waals surface area contributed by atoms with Gasteiger partial charge >= 0.3 is 0 Å². The molecule has 0 radical (unpaired) electrons. The van der Waals surface area contributed by atoms with Crippen LogP contribution in [0.2, 0.25) is 0 Å². The monoisotopic (exact) mass is 272 g/mol. The molecule has 0 aromatic heterocycles. The van der Waals surface area contributed by atoms with Crippen molar-refractivity contribution in [2.24, 2.45) is 5.73 Å². The standard InChI is InChI=1S/C16H20N2O2/c1-12-10-13(4-2-8-17)6-7-15(12)18-16(19)11-14-5-3-9-20-14/h6-7,10,14H,3,5,8-9,11,17H2,1H3,(H,18,19). The van der Waals surface area contributed by atoms with Gasteiger partial charge in [-0.05, 0) is 43.5 Å². The van der Waals surface area contributed by atoms with Crippen LogP contribution in [0.15, 0.2) is 18.2 Å². The summed E-state index contributed by atoms with van der Waals surface area (Å²) in [6.07, 6.45) is 2.52. The Bertz CT molecular complexity index is 537. The van der Waals surface area contributed by atoms with E-state index < -0.39 is 0 Å². The quantitative estimate of drug-likeness (QED) is 0.825. The largest absolute Gasteiger partial charge is 0.378 e. The van der Waals surface area contributed by atoms with Crippen molar-refractivity contribution in [2.75, 3.05) is 18.5 Å². The van der Waals surface area contributed by atoms with Gasteiger partial charge in [-0.15, -0.1) is 0 Å². The normalized spacial score (nSPS) is 17.4. The number of nitrogens with two attached hydrogens (primary N) is 1. The Morgan fingerprint density at radius 3 is 3.05 bits per heavy atom. The molecule has 1 unspecified atom stereocenters. The highest BCUT2D eigenvalue weighted by Gasteiger charge is 2.19.